The highest BCUT2D eigenvalue weighted by Gasteiger charge is 2.09. The SMILES string of the molecule is CC(C)=CCNCc1cc(C(=O)O)sc1C. The number of allylic oxidation sites excluding steroid dienone is 1. The number of nitrogens with one attached hydrogen (secondary N) is 1. The van der Waals surface area contributed by atoms with E-state index in [0.29, 0.717) is 4.88 Å². The Kier molecular flexibility index (Phi) is 4.71. The van der Waals surface area contributed by atoms with Gasteiger partial charge in [0.05, 0.1) is 0 Å². The molecular formula is C12H17NO2S. The van der Waals surface area contributed by atoms with Gasteiger partial charge in [-0.15, -0.1) is 11.3 Å². The van der Waals surface area contributed by atoms with Crippen LogP contribution in [0.5, 0.6) is 0 Å². The largest absolute Gasteiger partial charge is 0.477 e. The molecule has 0 aromatic carbocycles. The van der Waals surface area contributed by atoms with Crippen LogP contribution in [0.1, 0.15) is 34.0 Å². The van der Waals surface area contributed by atoms with Gasteiger partial charge in [-0.25, -0.2) is 4.79 Å². The maximum atomic E-state index is 10.8. The lowest BCUT2D eigenvalue weighted by Gasteiger charge is -2.00. The summed E-state index contributed by atoms with van der Waals surface area (Å²) in [4.78, 5) is 12.3. The topological polar surface area (TPSA) is 49.3 Å². The minimum atomic E-state index is -0.844. The van der Waals surface area contributed by atoms with E-state index in [4.69, 9.17) is 5.11 Å². The second-order valence-electron chi connectivity index (χ2n) is 3.91. The summed E-state index contributed by atoms with van der Waals surface area (Å²) in [5, 5.41) is 12.1. The van der Waals surface area contributed by atoms with Gasteiger partial charge >= 0.3 is 5.97 Å². The van der Waals surface area contributed by atoms with Crippen LogP contribution in [-0.4, -0.2) is 17.6 Å². The van der Waals surface area contributed by atoms with E-state index in [0.717, 1.165) is 23.5 Å². The fourth-order valence-electron chi connectivity index (χ4n) is 1.28. The molecule has 0 spiro atoms. The van der Waals surface area contributed by atoms with E-state index < -0.39 is 5.97 Å². The molecule has 0 bridgehead atoms. The smallest absolute Gasteiger partial charge is 0.345 e. The van der Waals surface area contributed by atoms with Gasteiger partial charge in [-0.05, 0) is 32.4 Å². The summed E-state index contributed by atoms with van der Waals surface area (Å²) in [5.41, 5.74) is 2.35. The van der Waals surface area contributed by atoms with Crippen molar-refractivity contribution in [3.05, 3.63) is 33.0 Å². The number of thiophene rings is 1. The van der Waals surface area contributed by atoms with Gasteiger partial charge in [0.2, 0.25) is 0 Å². The molecule has 0 atom stereocenters. The van der Waals surface area contributed by atoms with Crippen molar-refractivity contribution in [3.63, 3.8) is 0 Å². The van der Waals surface area contributed by atoms with E-state index in [9.17, 15) is 4.79 Å². The van der Waals surface area contributed by atoms with E-state index in [2.05, 4.69) is 25.2 Å². The minimum Gasteiger partial charge on any atom is -0.477 e. The maximum absolute atomic E-state index is 10.8. The monoisotopic (exact) mass is 239 g/mol. The Morgan fingerprint density at radius 3 is 2.75 bits per heavy atom. The Morgan fingerprint density at radius 2 is 2.25 bits per heavy atom. The molecule has 0 aliphatic carbocycles. The molecule has 0 saturated heterocycles. The zero-order chi connectivity index (χ0) is 12.1. The first-order valence-electron chi connectivity index (χ1n) is 5.17. The molecule has 88 valence electrons. The third-order valence-corrected chi connectivity index (χ3v) is 3.28. The van der Waals surface area contributed by atoms with Crippen molar-refractivity contribution in [2.24, 2.45) is 0 Å². The highest BCUT2D eigenvalue weighted by atomic mass is 32.1. The van der Waals surface area contributed by atoms with Crippen molar-refractivity contribution in [1.82, 2.24) is 5.32 Å². The van der Waals surface area contributed by atoms with Gasteiger partial charge in [-0.2, -0.15) is 0 Å². The van der Waals surface area contributed by atoms with Crippen molar-refractivity contribution in [2.75, 3.05) is 6.54 Å². The standard InChI is InChI=1S/C12H17NO2S/c1-8(2)4-5-13-7-10-6-11(12(14)15)16-9(10)3/h4,6,13H,5,7H2,1-3H3,(H,14,15). The third kappa shape index (κ3) is 3.79. The van der Waals surface area contributed by atoms with Crippen LogP contribution >= 0.6 is 11.3 Å². The number of rotatable bonds is 5. The van der Waals surface area contributed by atoms with Crippen molar-refractivity contribution in [3.8, 4) is 0 Å². The van der Waals surface area contributed by atoms with Crippen LogP contribution in [0, 0.1) is 6.92 Å². The summed E-state index contributed by atoms with van der Waals surface area (Å²) >= 11 is 1.33. The third-order valence-electron chi connectivity index (χ3n) is 2.20. The van der Waals surface area contributed by atoms with Gasteiger partial charge < -0.3 is 10.4 Å². The Balaban J connectivity index is 2.54. The molecule has 3 nitrogen and oxygen atoms in total. The fourth-order valence-corrected chi connectivity index (χ4v) is 2.16. The summed E-state index contributed by atoms with van der Waals surface area (Å²) in [6, 6.07) is 1.75. The molecule has 0 aliphatic heterocycles. The summed E-state index contributed by atoms with van der Waals surface area (Å²) in [6.45, 7) is 7.61. The Labute approximate surface area is 99.8 Å². The zero-order valence-electron chi connectivity index (χ0n) is 9.83. The molecule has 1 heterocycles. The van der Waals surface area contributed by atoms with Crippen LogP contribution in [0.15, 0.2) is 17.7 Å². The molecule has 1 aromatic heterocycles. The molecule has 0 radical (unpaired) electrons. The van der Waals surface area contributed by atoms with Gasteiger partial charge in [0.15, 0.2) is 0 Å². The summed E-state index contributed by atoms with van der Waals surface area (Å²) in [5.74, 6) is -0.844. The summed E-state index contributed by atoms with van der Waals surface area (Å²) in [6.07, 6.45) is 2.11. The second-order valence-corrected chi connectivity index (χ2v) is 5.17. The minimum absolute atomic E-state index is 0.413. The number of carboxylic acid groups (broad SMARTS) is 1. The van der Waals surface area contributed by atoms with E-state index in [1.54, 1.807) is 6.07 Å². The Hall–Kier alpha value is -1.13. The second kappa shape index (κ2) is 5.82. The molecular weight excluding hydrogens is 222 g/mol. The van der Waals surface area contributed by atoms with Crippen LogP contribution in [0.2, 0.25) is 0 Å². The Bertz CT molecular complexity index is 403. The van der Waals surface area contributed by atoms with Crippen molar-refractivity contribution in [2.45, 2.75) is 27.3 Å². The molecule has 1 rings (SSSR count). The number of aromatic carboxylic acids is 1. The number of aryl methyl sites for hydroxylation is 1. The van der Waals surface area contributed by atoms with Crippen LogP contribution in [0.25, 0.3) is 0 Å². The lowest BCUT2D eigenvalue weighted by Crippen LogP contribution is -2.13. The summed E-state index contributed by atoms with van der Waals surface area (Å²) in [7, 11) is 0. The molecule has 2 N–H and O–H groups in total. The molecule has 4 heteroatoms. The van der Waals surface area contributed by atoms with E-state index >= 15 is 0 Å². The first-order chi connectivity index (χ1) is 7.50. The van der Waals surface area contributed by atoms with E-state index in [-0.39, 0.29) is 0 Å². The Morgan fingerprint density at radius 1 is 1.56 bits per heavy atom. The number of carbonyl (C=O) groups is 1. The molecule has 0 aliphatic rings. The average Bonchev–Trinajstić information content (AvgIpc) is 2.55. The number of hydrogen-bond acceptors (Lipinski definition) is 3. The van der Waals surface area contributed by atoms with E-state index in [1.807, 2.05) is 6.92 Å². The van der Waals surface area contributed by atoms with Crippen molar-refractivity contribution < 1.29 is 9.90 Å². The van der Waals surface area contributed by atoms with E-state index in [1.165, 1.54) is 16.9 Å². The quantitative estimate of drug-likeness (QED) is 0.613. The first-order valence-corrected chi connectivity index (χ1v) is 5.99. The van der Waals surface area contributed by atoms with Gasteiger partial charge in [-0.1, -0.05) is 11.6 Å². The molecule has 0 saturated carbocycles. The normalized spacial score (nSPS) is 10.2. The van der Waals surface area contributed by atoms with Crippen molar-refractivity contribution >= 4 is 17.3 Å². The maximum Gasteiger partial charge on any atom is 0.345 e. The molecule has 16 heavy (non-hydrogen) atoms. The average molecular weight is 239 g/mol. The molecule has 0 amide bonds. The molecule has 0 unspecified atom stereocenters. The number of carboxylic acids is 1. The zero-order valence-corrected chi connectivity index (χ0v) is 10.6. The molecule has 0 fully saturated rings. The highest BCUT2D eigenvalue weighted by Crippen LogP contribution is 2.21. The van der Waals surface area contributed by atoms with Crippen LogP contribution in [0.4, 0.5) is 0 Å². The van der Waals surface area contributed by atoms with Crippen molar-refractivity contribution in [1.29, 1.82) is 0 Å². The van der Waals surface area contributed by atoms with Gasteiger partial charge in [0, 0.05) is 18.0 Å². The van der Waals surface area contributed by atoms with Gasteiger partial charge in [0.25, 0.3) is 0 Å². The lowest BCUT2D eigenvalue weighted by molar-refractivity contribution is 0.0702. The lowest BCUT2D eigenvalue weighted by atomic mass is 10.2. The van der Waals surface area contributed by atoms with Crippen LogP contribution < -0.4 is 5.32 Å². The predicted molar refractivity (Wildman–Crippen MR) is 67.2 cm³/mol. The first kappa shape index (κ1) is 12.9. The van der Waals surface area contributed by atoms with Crippen LogP contribution in [-0.2, 0) is 6.54 Å². The number of hydrogen-bond donors (Lipinski definition) is 2. The van der Waals surface area contributed by atoms with Gasteiger partial charge in [0.1, 0.15) is 4.88 Å². The van der Waals surface area contributed by atoms with Gasteiger partial charge in [-0.3, -0.25) is 0 Å². The summed E-state index contributed by atoms with van der Waals surface area (Å²) < 4.78 is 0. The highest BCUT2D eigenvalue weighted by molar-refractivity contribution is 7.14. The predicted octanol–water partition coefficient (Wildman–Crippen LogP) is 2.81. The molecule has 1 aromatic rings. The fraction of sp³-hybridized carbons (Fsp3) is 0.417. The van der Waals surface area contributed by atoms with Crippen LogP contribution in [0.3, 0.4) is 0 Å².